The Balaban J connectivity index is 1.06. The van der Waals surface area contributed by atoms with Crippen LogP contribution in [0.1, 0.15) is 114 Å². The van der Waals surface area contributed by atoms with E-state index in [1.807, 2.05) is 0 Å². The minimum absolute atomic E-state index is 0.141. The van der Waals surface area contributed by atoms with E-state index >= 15 is 0 Å². The van der Waals surface area contributed by atoms with Gasteiger partial charge in [0.05, 0.1) is 6.10 Å². The van der Waals surface area contributed by atoms with Crippen molar-refractivity contribution >= 4 is 11.8 Å². The second-order valence-corrected chi connectivity index (χ2v) is 15.6. The van der Waals surface area contributed by atoms with Gasteiger partial charge in [-0.15, -0.1) is 0 Å². The molecule has 0 aliphatic heterocycles. The number of halogens is 5. The van der Waals surface area contributed by atoms with Crippen molar-refractivity contribution in [2.45, 2.75) is 115 Å². The second kappa shape index (κ2) is 13.0. The smallest absolute Gasteiger partial charge is 0.453 e. The fourth-order valence-corrected chi connectivity index (χ4v) is 10.3. The van der Waals surface area contributed by atoms with Crippen molar-refractivity contribution in [1.29, 1.82) is 0 Å². The van der Waals surface area contributed by atoms with Gasteiger partial charge >= 0.3 is 12.1 Å². The Morgan fingerprint density at radius 3 is 2.35 bits per heavy atom. The molecule has 3 saturated carbocycles. The molecule has 0 heterocycles. The monoisotopic (exact) mass is 631 g/mol. The number of phenols is 1. The molecule has 0 bridgehead atoms. The number of phenolic OH excluding ortho intramolecular Hbond substituents is 1. The molecule has 3 nitrogen and oxygen atoms in total. The zero-order valence-electron chi connectivity index (χ0n) is 25.8. The minimum Gasteiger partial charge on any atom is -0.508 e. The molecule has 3 fully saturated rings. The predicted octanol–water partition coefficient (Wildman–Crippen LogP) is 9.34. The van der Waals surface area contributed by atoms with Crippen LogP contribution in [0, 0.1) is 28.6 Å². The number of nitrogens with zero attached hydrogens (tertiary/aromatic N) is 1. The van der Waals surface area contributed by atoms with E-state index in [2.05, 4.69) is 24.9 Å². The van der Waals surface area contributed by atoms with Gasteiger partial charge in [0.2, 0.25) is 0 Å². The van der Waals surface area contributed by atoms with Crippen LogP contribution >= 0.6 is 11.8 Å². The molecule has 0 saturated heterocycles. The number of alkyl halides is 5. The van der Waals surface area contributed by atoms with Gasteiger partial charge in [-0.2, -0.15) is 33.7 Å². The van der Waals surface area contributed by atoms with Gasteiger partial charge in [-0.1, -0.05) is 25.8 Å². The number of aliphatic hydroxyl groups is 1. The first-order chi connectivity index (χ1) is 20.3. The topological polar surface area (TPSA) is 43.7 Å². The molecule has 0 radical (unpaired) electrons. The van der Waals surface area contributed by atoms with Crippen LogP contribution < -0.4 is 0 Å². The Kier molecular flexibility index (Phi) is 10.1. The van der Waals surface area contributed by atoms with Crippen LogP contribution in [0.25, 0.3) is 0 Å². The van der Waals surface area contributed by atoms with Gasteiger partial charge in [-0.05, 0) is 154 Å². The highest BCUT2D eigenvalue weighted by Crippen LogP contribution is 2.76. The molecule has 244 valence electrons. The molecule has 1 aromatic carbocycles. The number of aliphatic hydroxyl groups excluding tert-OH is 1. The summed E-state index contributed by atoms with van der Waals surface area (Å²) in [4.78, 5) is 2.27. The maximum atomic E-state index is 13.0. The standard InChI is InChI=1S/C34H50F5NO2S/c1-31-14-11-25-24-10-9-23(41)22-27(24)30(42)26(29(25)28(31)12-15-32(31)16-17-32)8-4-3-5-18-40(2)19-7-21-43-20-6-13-33(35,36)34(37,38)39/h9-10,22,25-26,28-30,41-42H,3-8,11-21H2,1-2H3/t25?,26?,28?,29?,30-,31-/m0/s1. The number of benzene rings is 1. The van der Waals surface area contributed by atoms with Gasteiger partial charge in [0.25, 0.3) is 0 Å². The van der Waals surface area contributed by atoms with Gasteiger partial charge < -0.3 is 15.1 Å². The summed E-state index contributed by atoms with van der Waals surface area (Å²) in [5, 5.41) is 22.0. The lowest BCUT2D eigenvalue weighted by Crippen LogP contribution is -2.47. The molecule has 5 rings (SSSR count). The first-order valence-corrected chi connectivity index (χ1v) is 17.7. The lowest BCUT2D eigenvalue weighted by atomic mass is 9.50. The van der Waals surface area contributed by atoms with Crippen LogP contribution in [0.2, 0.25) is 0 Å². The first kappa shape index (κ1) is 33.3. The third kappa shape index (κ3) is 6.74. The summed E-state index contributed by atoms with van der Waals surface area (Å²) < 4.78 is 62.7. The zero-order chi connectivity index (χ0) is 31.0. The Hall–Kier alpha value is -1.06. The van der Waals surface area contributed by atoms with Crippen molar-refractivity contribution in [2.75, 3.05) is 31.6 Å². The quantitative estimate of drug-likeness (QED) is 0.159. The number of unbranched alkanes of at least 4 members (excludes halogenated alkanes) is 2. The summed E-state index contributed by atoms with van der Waals surface area (Å²) in [6.07, 6.45) is 5.69. The van der Waals surface area contributed by atoms with E-state index in [-0.39, 0.29) is 18.1 Å². The Labute approximate surface area is 258 Å². The molecule has 0 aromatic heterocycles. The molecule has 2 N–H and O–H groups in total. The summed E-state index contributed by atoms with van der Waals surface area (Å²) in [7, 11) is 2.07. The van der Waals surface area contributed by atoms with Crippen LogP contribution in [0.5, 0.6) is 5.75 Å². The SMILES string of the molecule is CN(CCCCCC1C2C(CC[C@@]3(C)C2CCC32CC2)c2ccc(O)cc2[C@H]1O)CCCSCCCC(F)(F)C(F)(F)F. The van der Waals surface area contributed by atoms with Gasteiger partial charge in [0, 0.05) is 6.42 Å². The van der Waals surface area contributed by atoms with Crippen molar-refractivity contribution in [3.63, 3.8) is 0 Å². The maximum absolute atomic E-state index is 13.0. The lowest BCUT2D eigenvalue weighted by Gasteiger charge is -2.55. The predicted molar refractivity (Wildman–Crippen MR) is 163 cm³/mol. The molecule has 4 unspecified atom stereocenters. The minimum atomic E-state index is -5.46. The van der Waals surface area contributed by atoms with E-state index in [9.17, 15) is 32.2 Å². The summed E-state index contributed by atoms with van der Waals surface area (Å²) in [5.41, 5.74) is 3.17. The Morgan fingerprint density at radius 2 is 1.63 bits per heavy atom. The fourth-order valence-electron chi connectivity index (χ4n) is 9.43. The molecule has 6 atom stereocenters. The Bertz CT molecular complexity index is 1100. The number of hydrogen-bond acceptors (Lipinski definition) is 4. The van der Waals surface area contributed by atoms with Crippen molar-refractivity contribution in [1.82, 2.24) is 4.90 Å². The van der Waals surface area contributed by atoms with Crippen molar-refractivity contribution in [2.24, 2.45) is 28.6 Å². The third-order valence-electron chi connectivity index (χ3n) is 12.0. The highest BCUT2D eigenvalue weighted by Gasteiger charge is 2.67. The molecular weight excluding hydrogens is 581 g/mol. The number of fused-ring (bicyclic) bond motifs is 6. The summed E-state index contributed by atoms with van der Waals surface area (Å²) >= 11 is 1.44. The van der Waals surface area contributed by atoms with E-state index in [1.165, 1.54) is 55.9 Å². The number of rotatable bonds is 14. The molecule has 1 spiro atoms. The second-order valence-electron chi connectivity index (χ2n) is 14.4. The van der Waals surface area contributed by atoms with Gasteiger partial charge in [-0.3, -0.25) is 0 Å². The molecule has 4 aliphatic rings. The molecule has 1 aromatic rings. The van der Waals surface area contributed by atoms with Crippen molar-refractivity contribution in [3.8, 4) is 5.75 Å². The number of hydrogen-bond donors (Lipinski definition) is 2. The third-order valence-corrected chi connectivity index (χ3v) is 13.2. The van der Waals surface area contributed by atoms with Crippen LogP contribution in [-0.2, 0) is 0 Å². The summed E-state index contributed by atoms with van der Waals surface area (Å²) in [6.45, 7) is 4.39. The van der Waals surface area contributed by atoms with E-state index in [4.69, 9.17) is 0 Å². The van der Waals surface area contributed by atoms with Crippen LogP contribution in [0.4, 0.5) is 22.0 Å². The van der Waals surface area contributed by atoms with E-state index < -0.39 is 24.6 Å². The normalized spacial score (nSPS) is 31.2. The average Bonchev–Trinajstić information content (AvgIpc) is 3.68. The maximum Gasteiger partial charge on any atom is 0.453 e. The van der Waals surface area contributed by atoms with E-state index in [0.29, 0.717) is 34.3 Å². The largest absolute Gasteiger partial charge is 0.508 e. The summed E-state index contributed by atoms with van der Waals surface area (Å²) in [6, 6.07) is 5.68. The van der Waals surface area contributed by atoms with Gasteiger partial charge in [0.1, 0.15) is 5.75 Å². The number of thioether (sulfide) groups is 1. The average molecular weight is 632 g/mol. The van der Waals surface area contributed by atoms with Crippen LogP contribution in [0.15, 0.2) is 18.2 Å². The Morgan fingerprint density at radius 1 is 0.907 bits per heavy atom. The van der Waals surface area contributed by atoms with Gasteiger partial charge in [0.15, 0.2) is 0 Å². The fraction of sp³-hybridized carbons (Fsp3) is 0.824. The van der Waals surface area contributed by atoms with E-state index in [1.54, 1.807) is 12.1 Å². The molecule has 4 aliphatic carbocycles. The first-order valence-electron chi connectivity index (χ1n) is 16.5. The molecule has 43 heavy (non-hydrogen) atoms. The lowest BCUT2D eigenvalue weighted by molar-refractivity contribution is -0.284. The zero-order valence-corrected chi connectivity index (χ0v) is 26.6. The van der Waals surface area contributed by atoms with Crippen LogP contribution in [0.3, 0.4) is 0 Å². The van der Waals surface area contributed by atoms with Crippen molar-refractivity contribution in [3.05, 3.63) is 29.3 Å². The molecule has 0 amide bonds. The molecular formula is C34H50F5NO2S. The summed E-state index contributed by atoms with van der Waals surface area (Å²) in [5.74, 6) is -1.42. The highest BCUT2D eigenvalue weighted by molar-refractivity contribution is 7.99. The highest BCUT2D eigenvalue weighted by atomic mass is 32.2. The van der Waals surface area contributed by atoms with Crippen molar-refractivity contribution < 1.29 is 32.2 Å². The van der Waals surface area contributed by atoms with E-state index in [0.717, 1.165) is 56.5 Å². The number of aromatic hydroxyl groups is 1. The molecule has 9 heteroatoms. The van der Waals surface area contributed by atoms with Crippen LogP contribution in [-0.4, -0.2) is 58.9 Å². The van der Waals surface area contributed by atoms with Gasteiger partial charge in [-0.25, -0.2) is 0 Å².